The van der Waals surface area contributed by atoms with E-state index in [0.717, 1.165) is 6.54 Å². The van der Waals surface area contributed by atoms with Crippen LogP contribution in [0.4, 0.5) is 17.3 Å². The zero-order chi connectivity index (χ0) is 18.3. The predicted octanol–water partition coefficient (Wildman–Crippen LogP) is 4.91. The van der Waals surface area contributed by atoms with Crippen molar-refractivity contribution in [1.29, 1.82) is 0 Å². The first-order chi connectivity index (χ1) is 11.4. The molecule has 24 heavy (non-hydrogen) atoms. The van der Waals surface area contributed by atoms with Gasteiger partial charge in [0.05, 0.1) is 6.54 Å². The molecule has 0 spiro atoms. The molecule has 0 aliphatic carbocycles. The lowest BCUT2D eigenvalue weighted by atomic mass is 10.1. The van der Waals surface area contributed by atoms with E-state index in [9.17, 15) is 17.3 Å². The average Bonchev–Trinajstić information content (AvgIpc) is 2.95. The maximum absolute atomic E-state index is 9.75. The van der Waals surface area contributed by atoms with Gasteiger partial charge < -0.3 is 17.3 Å². The predicted molar refractivity (Wildman–Crippen MR) is 90.8 cm³/mol. The summed E-state index contributed by atoms with van der Waals surface area (Å²) in [6.45, 7) is 3.98. The van der Waals surface area contributed by atoms with Crippen LogP contribution in [0.3, 0.4) is 0 Å². The highest BCUT2D eigenvalue weighted by atomic mass is 19.5. The van der Waals surface area contributed by atoms with E-state index >= 15 is 0 Å². The van der Waals surface area contributed by atoms with Gasteiger partial charge in [-0.1, -0.05) is 58.3 Å². The summed E-state index contributed by atoms with van der Waals surface area (Å²) < 4.78 is 43.2. The molecule has 0 aliphatic rings. The molecule has 1 aromatic rings. The fraction of sp³-hybridized carbons (Fsp3) is 0.812. The van der Waals surface area contributed by atoms with Gasteiger partial charge in [0.25, 0.3) is 0 Å². The monoisotopic (exact) mass is 353 g/mol. The van der Waals surface area contributed by atoms with Crippen molar-refractivity contribution in [3.63, 3.8) is 0 Å². The number of hydrogen-bond donors (Lipinski definition) is 1. The van der Waals surface area contributed by atoms with Gasteiger partial charge in [-0.25, -0.2) is 9.13 Å². The molecule has 0 aromatic carbocycles. The van der Waals surface area contributed by atoms with Crippen LogP contribution in [0.2, 0.25) is 0 Å². The maximum atomic E-state index is 9.75. The van der Waals surface area contributed by atoms with Gasteiger partial charge in [0.2, 0.25) is 6.33 Å². The summed E-state index contributed by atoms with van der Waals surface area (Å²) in [6, 6.07) is 0. The normalized spacial score (nSPS) is 11.2. The minimum Gasteiger partial charge on any atom is -0.418 e. The van der Waals surface area contributed by atoms with E-state index in [1.807, 2.05) is 10.8 Å². The Morgan fingerprint density at radius 2 is 1.33 bits per heavy atom. The molecule has 0 saturated carbocycles. The van der Waals surface area contributed by atoms with Gasteiger partial charge in [-0.15, -0.1) is 0 Å². The zero-order valence-corrected chi connectivity index (χ0v) is 14.8. The van der Waals surface area contributed by atoms with Crippen LogP contribution in [-0.4, -0.2) is 11.8 Å². The Bertz CT molecular complexity index is 391. The largest absolute Gasteiger partial charge is 0.673 e. The Labute approximate surface area is 143 Å². The molecule has 0 fully saturated rings. The molecular formula is C16H32BF4N3. The highest BCUT2D eigenvalue weighted by Gasteiger charge is 2.20. The first-order valence-corrected chi connectivity index (χ1v) is 8.99. The third kappa shape index (κ3) is 17.3. The minimum absolute atomic E-state index is 0.574. The van der Waals surface area contributed by atoms with Crippen LogP contribution in [0.1, 0.15) is 71.1 Å². The number of imidazole rings is 1. The molecule has 1 rings (SSSR count). The lowest BCUT2D eigenvalue weighted by Crippen LogP contribution is -2.35. The molecule has 142 valence electrons. The summed E-state index contributed by atoms with van der Waals surface area (Å²) in [4.78, 5) is 0. The van der Waals surface area contributed by atoms with E-state index in [1.54, 1.807) is 0 Å². The van der Waals surface area contributed by atoms with Crippen molar-refractivity contribution in [2.75, 3.05) is 0 Å². The Morgan fingerprint density at radius 3 is 1.75 bits per heavy atom. The van der Waals surface area contributed by atoms with E-state index < -0.39 is 7.25 Å². The van der Waals surface area contributed by atoms with Crippen LogP contribution >= 0.6 is 0 Å². The van der Waals surface area contributed by atoms with Crippen molar-refractivity contribution in [1.82, 2.24) is 4.57 Å². The Balaban J connectivity index is 0.000000922. The summed E-state index contributed by atoms with van der Waals surface area (Å²) in [5.74, 6) is 0. The molecule has 0 amide bonds. The van der Waals surface area contributed by atoms with Gasteiger partial charge in [0.15, 0.2) is 0 Å². The number of nitrogens with zero attached hydrogens (tertiary/aromatic N) is 2. The Kier molecular flexibility index (Phi) is 13.7. The summed E-state index contributed by atoms with van der Waals surface area (Å²) in [5, 5.41) is 0. The SMILES string of the molecule is CCCCCCCCCCCCn1cc[n+](CN)c1.F[B-](F)(F)F. The van der Waals surface area contributed by atoms with Crippen molar-refractivity contribution in [3.05, 3.63) is 18.7 Å². The van der Waals surface area contributed by atoms with Crippen LogP contribution in [0, 0.1) is 0 Å². The number of hydrogen-bond acceptors (Lipinski definition) is 1. The second-order valence-corrected chi connectivity index (χ2v) is 6.03. The molecule has 0 saturated heterocycles. The Morgan fingerprint density at radius 1 is 0.875 bits per heavy atom. The van der Waals surface area contributed by atoms with Gasteiger partial charge in [-0.2, -0.15) is 0 Å². The molecule has 0 bridgehead atoms. The van der Waals surface area contributed by atoms with Gasteiger partial charge >= 0.3 is 7.25 Å². The van der Waals surface area contributed by atoms with Crippen LogP contribution in [0.5, 0.6) is 0 Å². The van der Waals surface area contributed by atoms with E-state index in [1.165, 1.54) is 64.2 Å². The van der Waals surface area contributed by atoms with E-state index in [-0.39, 0.29) is 0 Å². The first-order valence-electron chi connectivity index (χ1n) is 8.99. The molecule has 2 N–H and O–H groups in total. The lowest BCUT2D eigenvalue weighted by Gasteiger charge is -2.01. The van der Waals surface area contributed by atoms with Gasteiger partial charge in [-0.05, 0) is 12.8 Å². The number of aromatic nitrogens is 2. The number of halogens is 4. The third-order valence-corrected chi connectivity index (χ3v) is 3.73. The molecule has 3 nitrogen and oxygen atoms in total. The molecule has 0 unspecified atom stereocenters. The van der Waals surface area contributed by atoms with Crippen molar-refractivity contribution < 1.29 is 21.8 Å². The minimum atomic E-state index is -6.00. The molecular weight excluding hydrogens is 321 g/mol. The lowest BCUT2D eigenvalue weighted by molar-refractivity contribution is -0.695. The summed E-state index contributed by atoms with van der Waals surface area (Å²) in [7, 11) is -6.00. The third-order valence-electron chi connectivity index (χ3n) is 3.73. The molecule has 1 heterocycles. The zero-order valence-electron chi connectivity index (χ0n) is 14.8. The molecule has 0 radical (unpaired) electrons. The topological polar surface area (TPSA) is 34.8 Å². The first kappa shape index (κ1) is 23.0. The Hall–Kier alpha value is -1.05. The fourth-order valence-corrected chi connectivity index (χ4v) is 2.46. The van der Waals surface area contributed by atoms with E-state index in [0.29, 0.717) is 6.67 Å². The summed E-state index contributed by atoms with van der Waals surface area (Å²) in [6.07, 6.45) is 20.2. The average molecular weight is 353 g/mol. The summed E-state index contributed by atoms with van der Waals surface area (Å²) in [5.41, 5.74) is 5.57. The van der Waals surface area contributed by atoms with Gasteiger partial charge in [-0.3, -0.25) is 5.73 Å². The van der Waals surface area contributed by atoms with Crippen molar-refractivity contribution >= 4 is 7.25 Å². The van der Waals surface area contributed by atoms with Crippen LogP contribution in [0.15, 0.2) is 18.7 Å². The summed E-state index contributed by atoms with van der Waals surface area (Å²) >= 11 is 0. The van der Waals surface area contributed by atoms with Crippen molar-refractivity contribution in [2.24, 2.45) is 5.73 Å². The number of aryl methyl sites for hydroxylation is 1. The number of rotatable bonds is 12. The quantitative estimate of drug-likeness (QED) is 0.246. The van der Waals surface area contributed by atoms with Crippen LogP contribution in [0.25, 0.3) is 0 Å². The van der Waals surface area contributed by atoms with Crippen LogP contribution < -0.4 is 10.3 Å². The van der Waals surface area contributed by atoms with Gasteiger partial charge in [0.1, 0.15) is 19.1 Å². The fourth-order valence-electron chi connectivity index (χ4n) is 2.46. The van der Waals surface area contributed by atoms with Crippen molar-refractivity contribution in [3.8, 4) is 0 Å². The number of unbranched alkanes of at least 4 members (excludes halogenated alkanes) is 9. The van der Waals surface area contributed by atoms with E-state index in [4.69, 9.17) is 5.73 Å². The van der Waals surface area contributed by atoms with Crippen LogP contribution in [-0.2, 0) is 13.2 Å². The highest BCUT2D eigenvalue weighted by molar-refractivity contribution is 6.50. The molecule has 0 aliphatic heterocycles. The number of nitrogens with two attached hydrogens (primary N) is 1. The molecule has 8 heteroatoms. The molecule has 0 atom stereocenters. The second kappa shape index (κ2) is 14.3. The van der Waals surface area contributed by atoms with E-state index in [2.05, 4.69) is 24.0 Å². The van der Waals surface area contributed by atoms with Crippen molar-refractivity contribution in [2.45, 2.75) is 84.3 Å². The second-order valence-electron chi connectivity index (χ2n) is 6.03. The smallest absolute Gasteiger partial charge is 0.418 e. The standard InChI is InChI=1S/C16H32N3.BF4/c1-2-3-4-5-6-7-8-9-10-11-12-18-13-14-19(15-17)16-18;2-1(3,4)5/h13-14,16H,2-12,15,17H2,1H3;/q+1;-1. The molecule has 1 aromatic heterocycles. The highest BCUT2D eigenvalue weighted by Crippen LogP contribution is 2.10. The maximum Gasteiger partial charge on any atom is 0.673 e. The van der Waals surface area contributed by atoms with Gasteiger partial charge in [0, 0.05) is 0 Å².